The summed E-state index contributed by atoms with van der Waals surface area (Å²) in [7, 11) is 0. The number of aromatic hydroxyl groups is 1. The van der Waals surface area contributed by atoms with Gasteiger partial charge in [0.25, 0.3) is 5.91 Å². The summed E-state index contributed by atoms with van der Waals surface area (Å²) in [5.74, 6) is -1.14. The summed E-state index contributed by atoms with van der Waals surface area (Å²) in [5.41, 5.74) is 5.34. The van der Waals surface area contributed by atoms with Crippen molar-refractivity contribution in [2.45, 2.75) is 6.18 Å². The van der Waals surface area contributed by atoms with Crippen molar-refractivity contribution in [1.82, 2.24) is 5.32 Å². The van der Waals surface area contributed by atoms with Crippen LogP contribution in [0.2, 0.25) is 0 Å². The number of hydrogen-bond donors (Lipinski definition) is 3. The van der Waals surface area contributed by atoms with Crippen LogP contribution in [0.25, 0.3) is 0 Å². The fraction of sp³-hybridized carbons (Fsp3) is 0.300. The number of phenols is 1. The van der Waals surface area contributed by atoms with E-state index in [4.69, 9.17) is 10.5 Å². The molecule has 0 aliphatic heterocycles. The highest BCUT2D eigenvalue weighted by molar-refractivity contribution is 5.78. The second-order valence-electron chi connectivity index (χ2n) is 3.37. The standard InChI is InChI=1S/C10H11F3N2O3/c11-10(12,13)5-15-8(17)4-18-7-3-1-2-6(16)9(7)14/h1-3,16H,4-5,14H2,(H,15,17). The second-order valence-corrected chi connectivity index (χ2v) is 3.37. The number of halogens is 3. The lowest BCUT2D eigenvalue weighted by Crippen LogP contribution is -2.36. The van der Waals surface area contributed by atoms with E-state index in [9.17, 15) is 23.1 Å². The predicted octanol–water partition coefficient (Wildman–Crippen LogP) is 1.03. The summed E-state index contributed by atoms with van der Waals surface area (Å²) < 4.78 is 40.2. The van der Waals surface area contributed by atoms with E-state index in [0.29, 0.717) is 0 Å². The number of phenolic OH excluding ortho intramolecular Hbond substituents is 1. The number of nitrogen functional groups attached to an aromatic ring is 1. The van der Waals surface area contributed by atoms with Crippen molar-refractivity contribution in [3.63, 3.8) is 0 Å². The number of rotatable bonds is 4. The van der Waals surface area contributed by atoms with E-state index in [2.05, 4.69) is 0 Å². The molecule has 8 heteroatoms. The van der Waals surface area contributed by atoms with Gasteiger partial charge in [0.05, 0.1) is 0 Å². The first-order valence-electron chi connectivity index (χ1n) is 4.83. The lowest BCUT2D eigenvalue weighted by Gasteiger charge is -2.11. The maximum atomic E-state index is 11.8. The van der Waals surface area contributed by atoms with Gasteiger partial charge in [-0.1, -0.05) is 6.07 Å². The van der Waals surface area contributed by atoms with Gasteiger partial charge in [-0.2, -0.15) is 13.2 Å². The Labute approximate surface area is 100 Å². The number of amides is 1. The maximum Gasteiger partial charge on any atom is 0.405 e. The van der Waals surface area contributed by atoms with Crippen molar-refractivity contribution in [2.75, 3.05) is 18.9 Å². The van der Waals surface area contributed by atoms with Crippen LogP contribution in [0.3, 0.4) is 0 Å². The molecule has 1 aromatic rings. The van der Waals surface area contributed by atoms with E-state index >= 15 is 0 Å². The van der Waals surface area contributed by atoms with E-state index in [0.717, 1.165) is 0 Å². The molecule has 5 nitrogen and oxygen atoms in total. The summed E-state index contributed by atoms with van der Waals surface area (Å²) in [6.07, 6.45) is -4.47. The Kier molecular flexibility index (Phi) is 4.24. The molecule has 100 valence electrons. The number of para-hydroxylation sites is 1. The largest absolute Gasteiger partial charge is 0.506 e. The van der Waals surface area contributed by atoms with Gasteiger partial charge in [0.1, 0.15) is 23.7 Å². The molecule has 0 fully saturated rings. The number of anilines is 1. The zero-order valence-electron chi connectivity index (χ0n) is 9.12. The molecule has 1 rings (SSSR count). The lowest BCUT2D eigenvalue weighted by atomic mass is 10.3. The van der Waals surface area contributed by atoms with E-state index in [1.54, 1.807) is 5.32 Å². The highest BCUT2D eigenvalue weighted by Crippen LogP contribution is 2.29. The van der Waals surface area contributed by atoms with Crippen LogP contribution < -0.4 is 15.8 Å². The van der Waals surface area contributed by atoms with Gasteiger partial charge in [0, 0.05) is 0 Å². The zero-order valence-corrected chi connectivity index (χ0v) is 9.12. The van der Waals surface area contributed by atoms with Gasteiger partial charge in [0.2, 0.25) is 0 Å². The molecule has 0 aromatic heterocycles. The Balaban J connectivity index is 2.46. The quantitative estimate of drug-likeness (QED) is 0.560. The fourth-order valence-electron chi connectivity index (χ4n) is 1.05. The van der Waals surface area contributed by atoms with Crippen molar-refractivity contribution in [2.24, 2.45) is 0 Å². The van der Waals surface area contributed by atoms with Gasteiger partial charge in [-0.25, -0.2) is 0 Å². The Morgan fingerprint density at radius 3 is 2.72 bits per heavy atom. The van der Waals surface area contributed by atoms with Crippen molar-refractivity contribution >= 4 is 11.6 Å². The van der Waals surface area contributed by atoms with Crippen LogP contribution in [0, 0.1) is 0 Å². The summed E-state index contributed by atoms with van der Waals surface area (Å²) in [4.78, 5) is 11.0. The number of carbonyl (C=O) groups is 1. The van der Waals surface area contributed by atoms with Crippen LogP contribution in [0.5, 0.6) is 11.5 Å². The molecule has 0 spiro atoms. The van der Waals surface area contributed by atoms with Crippen LogP contribution in [0.4, 0.5) is 18.9 Å². The average Bonchev–Trinajstić information content (AvgIpc) is 2.27. The summed E-state index contributed by atoms with van der Waals surface area (Å²) in [6, 6.07) is 4.12. The van der Waals surface area contributed by atoms with E-state index in [-0.39, 0.29) is 17.2 Å². The summed E-state index contributed by atoms with van der Waals surface area (Å²) >= 11 is 0. The maximum absolute atomic E-state index is 11.8. The number of benzene rings is 1. The SMILES string of the molecule is Nc1c(O)cccc1OCC(=O)NCC(F)(F)F. The molecule has 0 unspecified atom stereocenters. The van der Waals surface area contributed by atoms with Crippen LogP contribution in [0.1, 0.15) is 0 Å². The first-order chi connectivity index (χ1) is 8.29. The molecule has 0 aliphatic rings. The second kappa shape index (κ2) is 5.48. The number of nitrogens with two attached hydrogens (primary N) is 1. The van der Waals surface area contributed by atoms with Gasteiger partial charge < -0.3 is 20.9 Å². The van der Waals surface area contributed by atoms with Gasteiger partial charge in [-0.15, -0.1) is 0 Å². The first-order valence-corrected chi connectivity index (χ1v) is 4.83. The molecule has 0 bridgehead atoms. The normalized spacial score (nSPS) is 11.1. The molecule has 4 N–H and O–H groups in total. The molecule has 0 aliphatic carbocycles. The molecular formula is C10H11F3N2O3. The number of alkyl halides is 3. The highest BCUT2D eigenvalue weighted by Gasteiger charge is 2.27. The molecule has 18 heavy (non-hydrogen) atoms. The van der Waals surface area contributed by atoms with Crippen molar-refractivity contribution in [3.05, 3.63) is 18.2 Å². The van der Waals surface area contributed by atoms with Gasteiger partial charge in [0.15, 0.2) is 6.61 Å². The molecule has 0 atom stereocenters. The van der Waals surface area contributed by atoms with Crippen LogP contribution in [-0.4, -0.2) is 30.3 Å². The molecule has 0 saturated carbocycles. The van der Waals surface area contributed by atoms with Gasteiger partial charge in [-0.05, 0) is 12.1 Å². The molecule has 0 heterocycles. The molecular weight excluding hydrogens is 253 g/mol. The minimum Gasteiger partial charge on any atom is -0.506 e. The average molecular weight is 264 g/mol. The third kappa shape index (κ3) is 4.40. The molecule has 1 aromatic carbocycles. The highest BCUT2D eigenvalue weighted by atomic mass is 19.4. The first kappa shape index (κ1) is 13.9. The smallest absolute Gasteiger partial charge is 0.405 e. The van der Waals surface area contributed by atoms with E-state index < -0.39 is 25.2 Å². The Bertz CT molecular complexity index is 435. The third-order valence-electron chi connectivity index (χ3n) is 1.89. The van der Waals surface area contributed by atoms with E-state index in [1.165, 1.54) is 18.2 Å². The van der Waals surface area contributed by atoms with Gasteiger partial charge >= 0.3 is 6.18 Å². The van der Waals surface area contributed by atoms with Crippen molar-refractivity contribution in [3.8, 4) is 11.5 Å². The van der Waals surface area contributed by atoms with E-state index in [1.807, 2.05) is 0 Å². The zero-order chi connectivity index (χ0) is 13.8. The lowest BCUT2D eigenvalue weighted by molar-refractivity contribution is -0.139. The molecule has 1 amide bonds. The van der Waals surface area contributed by atoms with Crippen LogP contribution >= 0.6 is 0 Å². The fourth-order valence-corrected chi connectivity index (χ4v) is 1.05. The third-order valence-corrected chi connectivity index (χ3v) is 1.89. The molecule has 0 saturated heterocycles. The number of nitrogens with one attached hydrogen (secondary N) is 1. The Morgan fingerprint density at radius 1 is 1.44 bits per heavy atom. The topological polar surface area (TPSA) is 84.6 Å². The Hall–Kier alpha value is -2.12. The molecule has 0 radical (unpaired) electrons. The van der Waals surface area contributed by atoms with Crippen LogP contribution in [-0.2, 0) is 4.79 Å². The summed E-state index contributed by atoms with van der Waals surface area (Å²) in [5, 5.41) is 10.9. The number of hydrogen-bond acceptors (Lipinski definition) is 4. The van der Waals surface area contributed by atoms with Crippen LogP contribution in [0.15, 0.2) is 18.2 Å². The predicted molar refractivity (Wildman–Crippen MR) is 57.1 cm³/mol. The minimum absolute atomic E-state index is 0.0251. The number of ether oxygens (including phenoxy) is 1. The van der Waals surface area contributed by atoms with Gasteiger partial charge in [-0.3, -0.25) is 4.79 Å². The van der Waals surface area contributed by atoms with Crippen molar-refractivity contribution < 1.29 is 27.8 Å². The Morgan fingerprint density at radius 2 is 2.11 bits per heavy atom. The van der Waals surface area contributed by atoms with Crippen molar-refractivity contribution in [1.29, 1.82) is 0 Å². The summed E-state index contributed by atoms with van der Waals surface area (Å²) in [6.45, 7) is -2.05. The minimum atomic E-state index is -4.47. The monoisotopic (exact) mass is 264 g/mol. The number of carbonyl (C=O) groups excluding carboxylic acids is 1.